The molecule has 0 bridgehead atoms. The average molecular weight is 274 g/mol. The molecule has 0 aromatic heterocycles. The highest BCUT2D eigenvalue weighted by molar-refractivity contribution is 6.33. The SMILES string of the molecule is COc1c(C(N)C(=O)O)cc(Cl)c(C=O)c1OC. The lowest BCUT2D eigenvalue weighted by Crippen LogP contribution is -2.21. The molecule has 0 spiro atoms. The quantitative estimate of drug-likeness (QED) is 0.784. The van der Waals surface area contributed by atoms with Crippen LogP contribution in [0.25, 0.3) is 0 Å². The van der Waals surface area contributed by atoms with Crippen molar-refractivity contribution in [2.45, 2.75) is 6.04 Å². The van der Waals surface area contributed by atoms with Gasteiger partial charge in [-0.1, -0.05) is 11.6 Å². The number of carboxylic acids is 1. The van der Waals surface area contributed by atoms with Gasteiger partial charge in [0.05, 0.1) is 24.8 Å². The first kappa shape index (κ1) is 14.3. The van der Waals surface area contributed by atoms with E-state index in [-0.39, 0.29) is 27.6 Å². The molecule has 0 heterocycles. The number of carbonyl (C=O) groups excluding carboxylic acids is 1. The van der Waals surface area contributed by atoms with Crippen molar-refractivity contribution in [2.75, 3.05) is 14.2 Å². The molecule has 0 saturated heterocycles. The van der Waals surface area contributed by atoms with Crippen molar-refractivity contribution in [3.63, 3.8) is 0 Å². The van der Waals surface area contributed by atoms with E-state index in [9.17, 15) is 9.59 Å². The van der Waals surface area contributed by atoms with E-state index in [1.165, 1.54) is 20.3 Å². The molecule has 0 fully saturated rings. The summed E-state index contributed by atoms with van der Waals surface area (Å²) in [6, 6.07) is -0.0436. The number of carboxylic acid groups (broad SMARTS) is 1. The van der Waals surface area contributed by atoms with Crippen LogP contribution >= 0.6 is 11.6 Å². The van der Waals surface area contributed by atoms with Gasteiger partial charge in [-0.15, -0.1) is 0 Å². The van der Waals surface area contributed by atoms with Crippen LogP contribution in [0.5, 0.6) is 11.5 Å². The van der Waals surface area contributed by atoms with Gasteiger partial charge in [0.25, 0.3) is 0 Å². The van der Waals surface area contributed by atoms with Crippen molar-refractivity contribution >= 4 is 23.9 Å². The molecule has 18 heavy (non-hydrogen) atoms. The normalized spacial score (nSPS) is 11.8. The summed E-state index contributed by atoms with van der Waals surface area (Å²) >= 11 is 5.88. The zero-order valence-corrected chi connectivity index (χ0v) is 10.5. The molecule has 0 aliphatic heterocycles. The molecule has 0 aliphatic carbocycles. The Kier molecular flexibility index (Phi) is 4.52. The summed E-state index contributed by atoms with van der Waals surface area (Å²) in [7, 11) is 2.63. The van der Waals surface area contributed by atoms with E-state index in [0.717, 1.165) is 0 Å². The first-order chi connectivity index (χ1) is 8.47. The molecular formula is C11H12ClNO5. The second-order valence-electron chi connectivity index (χ2n) is 3.36. The molecule has 1 atom stereocenters. The van der Waals surface area contributed by atoms with Crippen LogP contribution in [-0.4, -0.2) is 31.6 Å². The predicted molar refractivity (Wildman–Crippen MR) is 64.5 cm³/mol. The summed E-state index contributed by atoms with van der Waals surface area (Å²) in [5.74, 6) is -1.10. The van der Waals surface area contributed by atoms with Crippen molar-refractivity contribution in [1.82, 2.24) is 0 Å². The zero-order chi connectivity index (χ0) is 13.9. The Bertz CT molecular complexity index is 489. The molecule has 98 valence electrons. The van der Waals surface area contributed by atoms with E-state index in [2.05, 4.69) is 0 Å². The monoisotopic (exact) mass is 273 g/mol. The van der Waals surface area contributed by atoms with Crippen LogP contribution in [0.1, 0.15) is 22.0 Å². The van der Waals surface area contributed by atoms with Gasteiger partial charge in [-0.05, 0) is 6.07 Å². The van der Waals surface area contributed by atoms with E-state index in [1.54, 1.807) is 0 Å². The molecule has 1 unspecified atom stereocenters. The predicted octanol–water partition coefficient (Wildman–Crippen LogP) is 1.25. The van der Waals surface area contributed by atoms with E-state index in [4.69, 9.17) is 31.9 Å². The van der Waals surface area contributed by atoms with E-state index in [1.807, 2.05) is 0 Å². The topological polar surface area (TPSA) is 98.9 Å². The van der Waals surface area contributed by atoms with Crippen LogP contribution in [0.15, 0.2) is 6.07 Å². The summed E-state index contributed by atoms with van der Waals surface area (Å²) in [6.45, 7) is 0. The summed E-state index contributed by atoms with van der Waals surface area (Å²) in [4.78, 5) is 21.8. The van der Waals surface area contributed by atoms with Crippen molar-refractivity contribution in [3.05, 3.63) is 22.2 Å². The van der Waals surface area contributed by atoms with Crippen LogP contribution in [0.4, 0.5) is 0 Å². The summed E-state index contributed by atoms with van der Waals surface area (Å²) in [5.41, 5.74) is 5.73. The van der Waals surface area contributed by atoms with Crippen molar-refractivity contribution < 1.29 is 24.2 Å². The van der Waals surface area contributed by atoms with Crippen molar-refractivity contribution in [3.8, 4) is 11.5 Å². The van der Waals surface area contributed by atoms with E-state index < -0.39 is 12.0 Å². The Labute approximate surface area is 108 Å². The van der Waals surface area contributed by atoms with Gasteiger partial charge in [0, 0.05) is 5.56 Å². The van der Waals surface area contributed by atoms with Gasteiger partial charge in [-0.2, -0.15) is 0 Å². The Morgan fingerprint density at radius 2 is 2.00 bits per heavy atom. The second kappa shape index (κ2) is 5.70. The molecular weight excluding hydrogens is 262 g/mol. The Morgan fingerprint density at radius 1 is 1.44 bits per heavy atom. The minimum Gasteiger partial charge on any atom is -0.492 e. The molecule has 1 rings (SSSR count). The molecule has 0 saturated carbocycles. The van der Waals surface area contributed by atoms with E-state index in [0.29, 0.717) is 6.29 Å². The molecule has 1 aromatic carbocycles. The summed E-state index contributed by atoms with van der Waals surface area (Å²) < 4.78 is 10.1. The maximum atomic E-state index is 10.9. The maximum absolute atomic E-state index is 10.9. The number of ether oxygens (including phenoxy) is 2. The highest BCUT2D eigenvalue weighted by Gasteiger charge is 2.25. The number of nitrogens with two attached hydrogens (primary N) is 1. The minimum atomic E-state index is -1.33. The zero-order valence-electron chi connectivity index (χ0n) is 9.77. The fourth-order valence-electron chi connectivity index (χ4n) is 1.53. The maximum Gasteiger partial charge on any atom is 0.325 e. The fraction of sp³-hybridized carbons (Fsp3) is 0.273. The fourth-order valence-corrected chi connectivity index (χ4v) is 1.78. The largest absolute Gasteiger partial charge is 0.492 e. The van der Waals surface area contributed by atoms with Crippen LogP contribution < -0.4 is 15.2 Å². The number of carbonyl (C=O) groups is 2. The molecule has 0 amide bonds. The molecule has 6 nitrogen and oxygen atoms in total. The van der Waals surface area contributed by atoms with Gasteiger partial charge in [0.15, 0.2) is 17.8 Å². The molecule has 3 N–H and O–H groups in total. The lowest BCUT2D eigenvalue weighted by atomic mass is 10.0. The van der Waals surface area contributed by atoms with Crippen molar-refractivity contribution in [1.29, 1.82) is 0 Å². The first-order valence-corrected chi connectivity index (χ1v) is 5.23. The lowest BCUT2D eigenvalue weighted by Gasteiger charge is -2.17. The number of methoxy groups -OCH3 is 2. The van der Waals surface area contributed by atoms with Gasteiger partial charge in [-0.3, -0.25) is 9.59 Å². The third-order valence-electron chi connectivity index (χ3n) is 2.38. The number of aliphatic carboxylic acids is 1. The number of hydrogen-bond donors (Lipinski definition) is 2. The van der Waals surface area contributed by atoms with Gasteiger partial charge in [0.2, 0.25) is 0 Å². The highest BCUT2D eigenvalue weighted by Crippen LogP contribution is 2.40. The van der Waals surface area contributed by atoms with Gasteiger partial charge < -0.3 is 20.3 Å². The smallest absolute Gasteiger partial charge is 0.325 e. The lowest BCUT2D eigenvalue weighted by molar-refractivity contribution is -0.138. The van der Waals surface area contributed by atoms with Gasteiger partial charge in [0.1, 0.15) is 6.04 Å². The Hall–Kier alpha value is -1.79. The molecule has 1 aromatic rings. The second-order valence-corrected chi connectivity index (χ2v) is 3.77. The number of aldehydes is 1. The standard InChI is InChI=1S/C11H12ClNO5/c1-17-9-5(8(13)11(15)16)3-7(12)6(4-14)10(9)18-2/h3-4,8H,13H2,1-2H3,(H,15,16). The number of benzene rings is 1. The third kappa shape index (κ3) is 2.39. The van der Waals surface area contributed by atoms with Crippen LogP contribution in [-0.2, 0) is 4.79 Å². The van der Waals surface area contributed by atoms with Gasteiger partial charge in [-0.25, -0.2) is 0 Å². The molecule has 0 aliphatic rings. The minimum absolute atomic E-state index is 0.0503. The summed E-state index contributed by atoms with van der Waals surface area (Å²) in [5, 5.41) is 8.95. The van der Waals surface area contributed by atoms with Crippen molar-refractivity contribution in [2.24, 2.45) is 5.73 Å². The number of rotatable bonds is 5. The summed E-state index contributed by atoms with van der Waals surface area (Å²) in [6.07, 6.45) is 0.500. The van der Waals surface area contributed by atoms with Crippen LogP contribution in [0, 0.1) is 0 Å². The van der Waals surface area contributed by atoms with Crippen LogP contribution in [0.2, 0.25) is 5.02 Å². The third-order valence-corrected chi connectivity index (χ3v) is 2.69. The number of hydrogen-bond acceptors (Lipinski definition) is 5. The van der Waals surface area contributed by atoms with Crippen LogP contribution in [0.3, 0.4) is 0 Å². The molecule has 7 heteroatoms. The first-order valence-electron chi connectivity index (χ1n) is 4.85. The molecule has 0 radical (unpaired) electrons. The Balaban J connectivity index is 3.58. The highest BCUT2D eigenvalue weighted by atomic mass is 35.5. The average Bonchev–Trinajstić information content (AvgIpc) is 2.35. The van der Waals surface area contributed by atoms with Gasteiger partial charge >= 0.3 is 5.97 Å². The van der Waals surface area contributed by atoms with E-state index >= 15 is 0 Å². The Morgan fingerprint density at radius 3 is 2.39 bits per heavy atom. The number of halogens is 1.